The molecule has 0 radical (unpaired) electrons. The Morgan fingerprint density at radius 1 is 1.59 bits per heavy atom. The second-order valence-corrected chi connectivity index (χ2v) is 4.23. The lowest BCUT2D eigenvalue weighted by atomic mass is 10.0. The van der Waals surface area contributed by atoms with Gasteiger partial charge in [0.05, 0.1) is 5.52 Å². The van der Waals surface area contributed by atoms with Gasteiger partial charge in [0.15, 0.2) is 0 Å². The molecule has 0 amide bonds. The first-order valence-corrected chi connectivity index (χ1v) is 5.56. The number of H-pyrrole nitrogens is 1. The van der Waals surface area contributed by atoms with Gasteiger partial charge in [-0.2, -0.15) is 5.10 Å². The number of rotatable bonds is 4. The lowest BCUT2D eigenvalue weighted by molar-refractivity contribution is -0.137. The van der Waals surface area contributed by atoms with E-state index in [1.807, 2.05) is 18.2 Å². The molecule has 1 aromatic heterocycles. The first-order valence-electron chi connectivity index (χ1n) is 5.19. The second-order valence-electron chi connectivity index (χ2n) is 3.85. The van der Waals surface area contributed by atoms with Crippen LogP contribution in [0.5, 0.6) is 0 Å². The summed E-state index contributed by atoms with van der Waals surface area (Å²) >= 11 is 5.92. The van der Waals surface area contributed by atoms with Gasteiger partial charge in [-0.05, 0) is 24.1 Å². The van der Waals surface area contributed by atoms with Gasteiger partial charge in [-0.25, -0.2) is 0 Å². The van der Waals surface area contributed by atoms with Gasteiger partial charge in [0.1, 0.15) is 5.15 Å². The van der Waals surface area contributed by atoms with E-state index < -0.39 is 5.97 Å². The zero-order valence-corrected chi connectivity index (χ0v) is 9.74. The Balaban J connectivity index is 2.23. The molecular weight excluding hydrogens is 242 g/mol. The lowest BCUT2D eigenvalue weighted by Gasteiger charge is -2.10. The van der Waals surface area contributed by atoms with Crippen LogP contribution >= 0.6 is 11.6 Å². The van der Waals surface area contributed by atoms with Gasteiger partial charge in [0.2, 0.25) is 0 Å². The quantitative estimate of drug-likeness (QED) is 0.778. The van der Waals surface area contributed by atoms with Crippen molar-refractivity contribution in [2.45, 2.75) is 18.9 Å². The number of carboxylic acid groups (broad SMARTS) is 1. The summed E-state index contributed by atoms with van der Waals surface area (Å²) in [6.45, 7) is 0. The van der Waals surface area contributed by atoms with Crippen molar-refractivity contribution >= 4 is 28.5 Å². The van der Waals surface area contributed by atoms with Crippen LogP contribution in [0.4, 0.5) is 0 Å². The monoisotopic (exact) mass is 253 g/mol. The van der Waals surface area contributed by atoms with Gasteiger partial charge in [-0.1, -0.05) is 17.7 Å². The maximum absolute atomic E-state index is 10.5. The maximum Gasteiger partial charge on any atom is 0.303 e. The Morgan fingerprint density at radius 2 is 2.35 bits per heavy atom. The molecule has 1 aromatic carbocycles. The fraction of sp³-hybridized carbons (Fsp3) is 0.273. The highest BCUT2D eigenvalue weighted by Gasteiger charge is 2.11. The van der Waals surface area contributed by atoms with Crippen LogP contribution in [0.25, 0.3) is 10.9 Å². The lowest BCUT2D eigenvalue weighted by Crippen LogP contribution is -2.12. The molecule has 2 rings (SSSR count). The van der Waals surface area contributed by atoms with Crippen LogP contribution in [0.3, 0.4) is 0 Å². The molecule has 0 aliphatic carbocycles. The van der Waals surface area contributed by atoms with Gasteiger partial charge in [-0.3, -0.25) is 9.89 Å². The standard InChI is InChI=1S/C11H12ClN3O2/c12-11-7-5-6(1-3-9(7)14-15-11)8(13)2-4-10(16)17/h1,3,5,8H,2,4,13H2,(H,14,15)(H,16,17). The maximum atomic E-state index is 10.5. The van der Waals surface area contributed by atoms with Crippen molar-refractivity contribution < 1.29 is 9.90 Å². The van der Waals surface area contributed by atoms with E-state index in [1.54, 1.807) is 0 Å². The largest absolute Gasteiger partial charge is 0.481 e. The van der Waals surface area contributed by atoms with Crippen molar-refractivity contribution in [3.63, 3.8) is 0 Å². The molecule has 4 N–H and O–H groups in total. The first-order chi connectivity index (χ1) is 8.08. The van der Waals surface area contributed by atoms with Gasteiger partial charge in [0.25, 0.3) is 0 Å². The Labute approximate surface area is 103 Å². The predicted octanol–water partition coefficient (Wildman–Crippen LogP) is 2.08. The molecule has 0 saturated heterocycles. The highest BCUT2D eigenvalue weighted by molar-refractivity contribution is 6.34. The number of nitrogens with two attached hydrogens (primary N) is 1. The molecule has 0 fully saturated rings. The average molecular weight is 254 g/mol. The number of aliphatic carboxylic acids is 1. The summed E-state index contributed by atoms with van der Waals surface area (Å²) in [6, 6.07) is 5.19. The summed E-state index contributed by atoms with van der Waals surface area (Å²) < 4.78 is 0. The molecule has 0 aliphatic heterocycles. The minimum atomic E-state index is -0.845. The third-order valence-corrected chi connectivity index (χ3v) is 2.92. The molecule has 6 heteroatoms. The smallest absolute Gasteiger partial charge is 0.303 e. The SMILES string of the molecule is NC(CCC(=O)O)c1ccc2n[nH]c(Cl)c2c1. The number of nitrogens with zero attached hydrogens (tertiary/aromatic N) is 1. The van der Waals surface area contributed by atoms with Gasteiger partial charge in [0, 0.05) is 17.8 Å². The summed E-state index contributed by atoms with van der Waals surface area (Å²) in [4.78, 5) is 10.5. The highest BCUT2D eigenvalue weighted by Crippen LogP contribution is 2.25. The molecule has 0 spiro atoms. The van der Waals surface area contributed by atoms with Crippen LogP contribution in [0.1, 0.15) is 24.4 Å². The highest BCUT2D eigenvalue weighted by atomic mass is 35.5. The number of aromatic nitrogens is 2. The molecule has 1 atom stereocenters. The van der Waals surface area contributed by atoms with Crippen molar-refractivity contribution in [1.29, 1.82) is 0 Å². The topological polar surface area (TPSA) is 92.0 Å². The van der Waals surface area contributed by atoms with E-state index in [9.17, 15) is 4.79 Å². The number of benzene rings is 1. The normalized spacial score (nSPS) is 12.8. The van der Waals surface area contributed by atoms with E-state index in [1.165, 1.54) is 0 Å². The molecule has 0 aliphatic rings. The Morgan fingerprint density at radius 3 is 3.06 bits per heavy atom. The van der Waals surface area contributed by atoms with Crippen LogP contribution in [0, 0.1) is 0 Å². The minimum absolute atomic E-state index is 0.0539. The molecule has 1 heterocycles. The van der Waals surface area contributed by atoms with Crippen LogP contribution in [-0.4, -0.2) is 21.3 Å². The number of carbonyl (C=O) groups is 1. The van der Waals surface area contributed by atoms with Crippen molar-refractivity contribution in [3.05, 3.63) is 28.9 Å². The third kappa shape index (κ3) is 2.57. The zero-order chi connectivity index (χ0) is 12.4. The Bertz CT molecular complexity index is 553. The van der Waals surface area contributed by atoms with E-state index in [-0.39, 0.29) is 12.5 Å². The van der Waals surface area contributed by atoms with Crippen molar-refractivity contribution in [1.82, 2.24) is 10.2 Å². The number of fused-ring (bicyclic) bond motifs is 1. The predicted molar refractivity (Wildman–Crippen MR) is 64.9 cm³/mol. The molecular formula is C11H12ClN3O2. The molecule has 0 bridgehead atoms. The van der Waals surface area contributed by atoms with Crippen LogP contribution < -0.4 is 5.73 Å². The molecule has 2 aromatic rings. The molecule has 90 valence electrons. The fourth-order valence-electron chi connectivity index (χ4n) is 1.67. The van der Waals surface area contributed by atoms with Gasteiger partial charge >= 0.3 is 5.97 Å². The zero-order valence-electron chi connectivity index (χ0n) is 8.98. The van der Waals surface area contributed by atoms with Crippen molar-refractivity contribution in [2.75, 3.05) is 0 Å². The van der Waals surface area contributed by atoms with E-state index in [0.717, 1.165) is 16.5 Å². The van der Waals surface area contributed by atoms with Gasteiger partial charge in [-0.15, -0.1) is 0 Å². The van der Waals surface area contributed by atoms with E-state index in [0.29, 0.717) is 11.6 Å². The summed E-state index contributed by atoms with van der Waals surface area (Å²) in [6.07, 6.45) is 0.453. The minimum Gasteiger partial charge on any atom is -0.481 e. The van der Waals surface area contributed by atoms with E-state index >= 15 is 0 Å². The Kier molecular flexibility index (Phi) is 3.31. The third-order valence-electron chi connectivity index (χ3n) is 2.63. The molecule has 5 nitrogen and oxygen atoms in total. The number of hydrogen-bond donors (Lipinski definition) is 3. The summed E-state index contributed by atoms with van der Waals surface area (Å²) in [5.74, 6) is -0.845. The number of aromatic amines is 1. The molecule has 0 saturated carbocycles. The summed E-state index contributed by atoms with van der Waals surface area (Å²) in [5, 5.41) is 16.5. The summed E-state index contributed by atoms with van der Waals surface area (Å²) in [7, 11) is 0. The van der Waals surface area contributed by atoms with Crippen LogP contribution in [-0.2, 0) is 4.79 Å². The first kappa shape index (κ1) is 11.9. The number of carboxylic acids is 1. The number of nitrogens with one attached hydrogen (secondary N) is 1. The fourth-order valence-corrected chi connectivity index (χ4v) is 1.87. The number of halogens is 1. The average Bonchev–Trinajstić information content (AvgIpc) is 2.67. The van der Waals surface area contributed by atoms with Crippen molar-refractivity contribution in [2.24, 2.45) is 5.73 Å². The van der Waals surface area contributed by atoms with Crippen LogP contribution in [0.15, 0.2) is 18.2 Å². The number of hydrogen-bond acceptors (Lipinski definition) is 3. The Hall–Kier alpha value is -1.59. The molecule has 1 unspecified atom stereocenters. The van der Waals surface area contributed by atoms with E-state index in [4.69, 9.17) is 22.4 Å². The second kappa shape index (κ2) is 4.73. The van der Waals surface area contributed by atoms with Crippen molar-refractivity contribution in [3.8, 4) is 0 Å². The van der Waals surface area contributed by atoms with Crippen LogP contribution in [0.2, 0.25) is 5.15 Å². The van der Waals surface area contributed by atoms with E-state index in [2.05, 4.69) is 10.2 Å². The molecule has 17 heavy (non-hydrogen) atoms. The van der Waals surface area contributed by atoms with Gasteiger partial charge < -0.3 is 10.8 Å². The summed E-state index contributed by atoms with van der Waals surface area (Å²) in [5.41, 5.74) is 7.55.